The van der Waals surface area contributed by atoms with E-state index in [0.717, 1.165) is 30.4 Å². The van der Waals surface area contributed by atoms with E-state index < -0.39 is 23.5 Å². The first kappa shape index (κ1) is 28.8. The Labute approximate surface area is 239 Å². The summed E-state index contributed by atoms with van der Waals surface area (Å²) in [5, 5.41) is 13.9. The van der Waals surface area contributed by atoms with E-state index in [1.807, 2.05) is 24.6 Å². The lowest BCUT2D eigenvalue weighted by atomic mass is 9.86. The molecule has 41 heavy (non-hydrogen) atoms. The van der Waals surface area contributed by atoms with Gasteiger partial charge < -0.3 is 24.5 Å². The summed E-state index contributed by atoms with van der Waals surface area (Å²) < 4.78 is 29.2. The van der Waals surface area contributed by atoms with Crippen LogP contribution in [-0.2, 0) is 27.8 Å². The molecule has 1 amide bonds. The van der Waals surface area contributed by atoms with Crippen LogP contribution in [0.4, 0.5) is 4.39 Å². The lowest BCUT2D eigenvalue weighted by Gasteiger charge is -2.29. The van der Waals surface area contributed by atoms with E-state index in [-0.39, 0.29) is 11.7 Å². The van der Waals surface area contributed by atoms with Crippen molar-refractivity contribution < 1.29 is 28.6 Å². The first-order valence-electron chi connectivity index (χ1n) is 14.2. The number of aromatic nitrogens is 2. The fourth-order valence-electron chi connectivity index (χ4n) is 5.54. The third-order valence-corrected chi connectivity index (χ3v) is 7.77. The number of carbonyl (C=O) groups excluding carboxylic acids is 1. The first-order valence-corrected chi connectivity index (χ1v) is 14.2. The maximum atomic E-state index is 15.5. The number of amides is 1. The smallest absolute Gasteiger partial charge is 0.337 e. The number of halogens is 1. The highest BCUT2D eigenvalue weighted by Crippen LogP contribution is 2.44. The van der Waals surface area contributed by atoms with E-state index >= 15 is 4.39 Å². The second-order valence-corrected chi connectivity index (χ2v) is 12.1. The van der Waals surface area contributed by atoms with Crippen LogP contribution in [0.1, 0.15) is 74.2 Å². The molecule has 0 bridgehead atoms. The SMILES string of the molecule is Cc1nc2c(cc(/C=C/C(=O)NCC3CC3)n2C)c(-c2cc(F)c3c(c2C)CCCO3)c1[C@H](OC(C)(C)C)C(=O)O. The minimum Gasteiger partial charge on any atom is -0.490 e. The summed E-state index contributed by atoms with van der Waals surface area (Å²) in [5.74, 6) is -0.990. The van der Waals surface area contributed by atoms with E-state index in [1.54, 1.807) is 33.8 Å². The number of benzene rings is 1. The molecule has 2 aromatic heterocycles. The van der Waals surface area contributed by atoms with Gasteiger partial charge in [0.05, 0.1) is 12.2 Å². The molecule has 218 valence electrons. The van der Waals surface area contributed by atoms with Crippen molar-refractivity contribution in [2.24, 2.45) is 13.0 Å². The molecule has 3 heterocycles. The maximum absolute atomic E-state index is 15.5. The maximum Gasteiger partial charge on any atom is 0.337 e. The van der Waals surface area contributed by atoms with Gasteiger partial charge in [0.15, 0.2) is 17.7 Å². The Balaban J connectivity index is 1.74. The highest BCUT2D eigenvalue weighted by molar-refractivity contribution is 6.01. The standard InChI is InChI=1S/C32H38FN3O5/c1-17-21-8-7-13-40-28(21)24(33)15-22(17)27-23-14-20(11-12-25(37)34-16-19-9-10-19)36(6)30(23)35-18(2)26(27)29(31(38)39)41-32(3,4)5/h11-12,14-15,19,29H,7-10,13,16H2,1-6H3,(H,34,37)(H,38,39)/b12-11+/t29-/m0/s1. The minimum atomic E-state index is -1.34. The number of aliphatic carboxylic acids is 1. The Morgan fingerprint density at radius 3 is 2.68 bits per heavy atom. The van der Waals surface area contributed by atoms with Crippen molar-refractivity contribution in [3.63, 3.8) is 0 Å². The topological polar surface area (TPSA) is 103 Å². The van der Waals surface area contributed by atoms with Crippen molar-refractivity contribution in [1.82, 2.24) is 14.9 Å². The van der Waals surface area contributed by atoms with E-state index in [2.05, 4.69) is 5.32 Å². The Bertz CT molecular complexity index is 1560. The van der Waals surface area contributed by atoms with Gasteiger partial charge in [-0.25, -0.2) is 14.2 Å². The fraction of sp³-hybridized carbons (Fsp3) is 0.469. The normalized spacial score (nSPS) is 16.1. The number of hydrogen-bond donors (Lipinski definition) is 2. The number of hydrogen-bond acceptors (Lipinski definition) is 5. The summed E-state index contributed by atoms with van der Waals surface area (Å²) >= 11 is 0. The Morgan fingerprint density at radius 1 is 1.29 bits per heavy atom. The van der Waals surface area contributed by atoms with Gasteiger partial charge in [-0.1, -0.05) is 0 Å². The first-order chi connectivity index (χ1) is 19.4. The highest BCUT2D eigenvalue weighted by Gasteiger charge is 2.34. The summed E-state index contributed by atoms with van der Waals surface area (Å²) in [6, 6.07) is 3.30. The van der Waals surface area contributed by atoms with Gasteiger partial charge in [0.1, 0.15) is 5.65 Å². The minimum absolute atomic E-state index is 0.177. The molecule has 3 aromatic rings. The Hall–Kier alpha value is -3.72. The van der Waals surface area contributed by atoms with Gasteiger partial charge in [0.2, 0.25) is 5.91 Å². The number of pyridine rings is 1. The lowest BCUT2D eigenvalue weighted by molar-refractivity contribution is -0.160. The van der Waals surface area contributed by atoms with Gasteiger partial charge in [0.25, 0.3) is 0 Å². The lowest BCUT2D eigenvalue weighted by Crippen LogP contribution is -2.28. The van der Waals surface area contributed by atoms with Gasteiger partial charge in [-0.3, -0.25) is 4.79 Å². The molecule has 1 saturated carbocycles. The van der Waals surface area contributed by atoms with Gasteiger partial charge >= 0.3 is 5.97 Å². The zero-order chi connectivity index (χ0) is 29.6. The predicted octanol–water partition coefficient (Wildman–Crippen LogP) is 5.80. The van der Waals surface area contributed by atoms with Crippen LogP contribution < -0.4 is 10.1 Å². The molecule has 1 aromatic carbocycles. The van der Waals surface area contributed by atoms with Crippen molar-refractivity contribution in [1.29, 1.82) is 0 Å². The van der Waals surface area contributed by atoms with Crippen LogP contribution >= 0.6 is 0 Å². The summed E-state index contributed by atoms with van der Waals surface area (Å²) in [7, 11) is 1.84. The number of aryl methyl sites for hydroxylation is 2. The summed E-state index contributed by atoms with van der Waals surface area (Å²) in [6.45, 7) is 10.2. The van der Waals surface area contributed by atoms with Crippen molar-refractivity contribution in [2.75, 3.05) is 13.2 Å². The van der Waals surface area contributed by atoms with Crippen LogP contribution in [0.3, 0.4) is 0 Å². The molecule has 0 saturated heterocycles. The Kier molecular flexibility index (Phi) is 7.68. The molecular formula is C32H38FN3O5. The number of nitrogens with one attached hydrogen (secondary N) is 1. The molecule has 0 unspecified atom stereocenters. The zero-order valence-electron chi connectivity index (χ0n) is 24.6. The number of rotatable bonds is 8. The van der Waals surface area contributed by atoms with E-state index in [1.165, 1.54) is 12.1 Å². The van der Waals surface area contributed by atoms with E-state index in [0.29, 0.717) is 64.6 Å². The second-order valence-electron chi connectivity index (χ2n) is 12.1. The molecule has 1 atom stereocenters. The van der Waals surface area contributed by atoms with Crippen LogP contribution in [0.5, 0.6) is 5.75 Å². The monoisotopic (exact) mass is 563 g/mol. The van der Waals surface area contributed by atoms with Gasteiger partial charge in [0, 0.05) is 53.1 Å². The van der Waals surface area contributed by atoms with E-state index in [9.17, 15) is 14.7 Å². The highest BCUT2D eigenvalue weighted by atomic mass is 19.1. The van der Waals surface area contributed by atoms with Crippen LogP contribution in [0, 0.1) is 25.6 Å². The molecule has 1 aliphatic carbocycles. The number of nitrogens with zero attached hydrogens (tertiary/aromatic N) is 2. The molecule has 1 fully saturated rings. The zero-order valence-corrected chi connectivity index (χ0v) is 24.6. The van der Waals surface area contributed by atoms with Crippen molar-refractivity contribution in [3.05, 3.63) is 52.1 Å². The van der Waals surface area contributed by atoms with Gasteiger partial charge in [-0.2, -0.15) is 0 Å². The quantitative estimate of drug-likeness (QED) is 0.336. The second kappa shape index (κ2) is 10.9. The third kappa shape index (κ3) is 5.86. The van der Waals surface area contributed by atoms with Crippen molar-refractivity contribution in [2.45, 2.75) is 72.0 Å². The molecule has 5 rings (SSSR count). The number of carboxylic acids is 1. The van der Waals surface area contributed by atoms with Gasteiger partial charge in [-0.15, -0.1) is 0 Å². The molecule has 1 aliphatic heterocycles. The largest absolute Gasteiger partial charge is 0.490 e. The number of carbonyl (C=O) groups is 2. The van der Waals surface area contributed by atoms with Crippen LogP contribution in [0.2, 0.25) is 0 Å². The van der Waals surface area contributed by atoms with Crippen molar-refractivity contribution >= 4 is 29.0 Å². The fourth-order valence-corrected chi connectivity index (χ4v) is 5.54. The average Bonchev–Trinajstić information content (AvgIpc) is 3.69. The van der Waals surface area contributed by atoms with Gasteiger partial charge in [-0.05, 0) is 95.6 Å². The number of ether oxygens (including phenoxy) is 2. The molecule has 0 spiro atoms. The Morgan fingerprint density at radius 2 is 2.02 bits per heavy atom. The van der Waals surface area contributed by atoms with Crippen molar-refractivity contribution in [3.8, 4) is 16.9 Å². The third-order valence-electron chi connectivity index (χ3n) is 7.77. The summed E-state index contributed by atoms with van der Waals surface area (Å²) in [5.41, 5.74) is 4.11. The molecule has 2 aliphatic rings. The average molecular weight is 564 g/mol. The van der Waals surface area contributed by atoms with Crippen LogP contribution in [0.15, 0.2) is 18.2 Å². The molecular weight excluding hydrogens is 525 g/mol. The van der Waals surface area contributed by atoms with Crippen LogP contribution in [0.25, 0.3) is 28.2 Å². The summed E-state index contributed by atoms with van der Waals surface area (Å²) in [6.07, 6.45) is 5.59. The molecule has 9 heteroatoms. The number of fused-ring (bicyclic) bond motifs is 2. The molecule has 2 N–H and O–H groups in total. The molecule has 8 nitrogen and oxygen atoms in total. The predicted molar refractivity (Wildman–Crippen MR) is 155 cm³/mol. The molecule has 0 radical (unpaired) electrons. The summed E-state index contributed by atoms with van der Waals surface area (Å²) in [4.78, 5) is 29.9. The van der Waals surface area contributed by atoms with Crippen LogP contribution in [-0.4, -0.2) is 45.3 Å². The van der Waals surface area contributed by atoms with E-state index in [4.69, 9.17) is 14.5 Å². The number of carboxylic acid groups (broad SMARTS) is 1.